The molecule has 0 bridgehead atoms. The van der Waals surface area contributed by atoms with E-state index in [9.17, 15) is 4.79 Å². The third-order valence-electron chi connectivity index (χ3n) is 1.81. The first kappa shape index (κ1) is 12.8. The minimum absolute atomic E-state index is 0.129. The van der Waals surface area contributed by atoms with Gasteiger partial charge < -0.3 is 4.74 Å². The number of ether oxygens (including phenoxy) is 1. The number of esters is 1. The molecule has 0 unspecified atom stereocenters. The van der Waals surface area contributed by atoms with Crippen molar-refractivity contribution in [1.29, 1.82) is 0 Å². The Labute approximate surface area is 107 Å². The topological polar surface area (TPSA) is 30.7 Å². The molecule has 1 aromatic rings. The van der Waals surface area contributed by atoms with Crippen LogP contribution in [0.4, 0.5) is 0 Å². The fourth-order valence-corrected chi connectivity index (χ4v) is 1.99. The Kier molecular flexibility index (Phi) is 4.53. The lowest BCUT2D eigenvalue weighted by Crippen LogP contribution is -2.02. The smallest absolute Gasteiger partial charge is 0.337 e. The van der Waals surface area contributed by atoms with E-state index in [0.29, 0.717) is 15.1 Å². The van der Waals surface area contributed by atoms with Gasteiger partial charge in [-0.15, -0.1) is 0 Å². The molecular formula is C11H7BrClNO2. The quantitative estimate of drug-likeness (QED) is 0.475. The molecule has 0 spiro atoms. The third kappa shape index (κ3) is 2.63. The van der Waals surface area contributed by atoms with Crippen LogP contribution in [-0.4, -0.2) is 13.1 Å². The summed E-state index contributed by atoms with van der Waals surface area (Å²) in [5.74, 6) is -0.693. The van der Waals surface area contributed by atoms with Crippen LogP contribution in [-0.2, 0) is 9.53 Å². The molecule has 1 rings (SSSR count). The molecule has 1 aromatic carbocycles. The van der Waals surface area contributed by atoms with Crippen molar-refractivity contribution in [3.8, 4) is 0 Å². The number of carbonyl (C=O) groups is 1. The molecule has 0 saturated carbocycles. The molecule has 0 aromatic heterocycles. The molecule has 0 heterocycles. The van der Waals surface area contributed by atoms with E-state index in [1.807, 2.05) is 0 Å². The van der Waals surface area contributed by atoms with Gasteiger partial charge >= 0.3 is 5.97 Å². The molecule has 82 valence electrons. The molecule has 0 radical (unpaired) electrons. The molecule has 0 saturated heterocycles. The van der Waals surface area contributed by atoms with Gasteiger partial charge in [0.15, 0.2) is 0 Å². The Morgan fingerprint density at radius 2 is 2.12 bits per heavy atom. The number of hydrogen-bond donors (Lipinski definition) is 0. The van der Waals surface area contributed by atoms with Crippen LogP contribution in [0.3, 0.4) is 0 Å². The van der Waals surface area contributed by atoms with Crippen molar-refractivity contribution in [1.82, 2.24) is 0 Å². The third-order valence-corrected chi connectivity index (χ3v) is 2.94. The normalized spacial score (nSPS) is 11.4. The Morgan fingerprint density at radius 3 is 2.62 bits per heavy atom. The summed E-state index contributed by atoms with van der Waals surface area (Å²) in [5, 5.41) is 0.458. The fourth-order valence-electron chi connectivity index (χ4n) is 1.05. The van der Waals surface area contributed by atoms with Gasteiger partial charge in [-0.1, -0.05) is 45.7 Å². The van der Waals surface area contributed by atoms with Crippen molar-refractivity contribution in [2.45, 2.75) is 0 Å². The molecular weight excluding hydrogens is 293 g/mol. The summed E-state index contributed by atoms with van der Waals surface area (Å²) in [6.45, 7) is 6.94. The highest BCUT2D eigenvalue weighted by Crippen LogP contribution is 2.31. The van der Waals surface area contributed by atoms with Crippen molar-refractivity contribution < 1.29 is 9.53 Å². The molecule has 0 aliphatic heterocycles. The summed E-state index contributed by atoms with van der Waals surface area (Å²) in [5.41, 5.74) is 0.455. The van der Waals surface area contributed by atoms with E-state index in [1.54, 1.807) is 24.3 Å². The van der Waals surface area contributed by atoms with Crippen LogP contribution in [0.2, 0.25) is 5.02 Å². The first-order valence-corrected chi connectivity index (χ1v) is 5.39. The lowest BCUT2D eigenvalue weighted by atomic mass is 10.2. The number of carbonyl (C=O) groups excluding carboxylic acids is 1. The molecule has 0 atom stereocenters. The van der Waals surface area contributed by atoms with Crippen molar-refractivity contribution in [3.63, 3.8) is 0 Å². The van der Waals surface area contributed by atoms with E-state index in [2.05, 4.69) is 25.5 Å². The van der Waals surface area contributed by atoms with Gasteiger partial charge in [-0.2, -0.15) is 0 Å². The molecule has 0 aliphatic carbocycles. The van der Waals surface area contributed by atoms with Crippen LogP contribution in [0.25, 0.3) is 9.33 Å². The lowest BCUT2D eigenvalue weighted by molar-refractivity contribution is -0.135. The predicted molar refractivity (Wildman–Crippen MR) is 65.9 cm³/mol. The maximum Gasteiger partial charge on any atom is 0.337 e. The maximum absolute atomic E-state index is 11.3. The minimum atomic E-state index is -0.693. The Hall–Kier alpha value is -1.31. The van der Waals surface area contributed by atoms with Crippen LogP contribution in [0.5, 0.6) is 0 Å². The molecule has 0 N–H and O–H groups in total. The molecule has 5 heteroatoms. The second-order valence-corrected chi connectivity index (χ2v) is 3.95. The van der Waals surface area contributed by atoms with Gasteiger partial charge in [0.25, 0.3) is 5.70 Å². The standard InChI is InChI=1S/C11H7BrClNO2/c1-14-10(11(15)16-2)9(12)7-5-3-4-6-8(7)13/h3-6H,2H3/b10-9-. The number of methoxy groups -OCH3 is 1. The maximum atomic E-state index is 11.3. The first-order chi connectivity index (χ1) is 7.61. The van der Waals surface area contributed by atoms with Crippen molar-refractivity contribution >= 4 is 38.0 Å². The SMILES string of the molecule is [C-]#[N+]/C(C(=O)OC)=C(\Br)c1ccccc1Cl. The number of benzene rings is 1. The van der Waals surface area contributed by atoms with E-state index >= 15 is 0 Å². The molecule has 0 amide bonds. The lowest BCUT2D eigenvalue weighted by Gasteiger charge is -2.04. The average Bonchev–Trinajstić information content (AvgIpc) is 2.30. The van der Waals surface area contributed by atoms with Gasteiger partial charge in [-0.3, -0.25) is 4.79 Å². The monoisotopic (exact) mass is 299 g/mol. The second-order valence-electron chi connectivity index (χ2n) is 2.75. The van der Waals surface area contributed by atoms with Crippen LogP contribution >= 0.6 is 27.5 Å². The highest BCUT2D eigenvalue weighted by atomic mass is 79.9. The zero-order chi connectivity index (χ0) is 12.1. The summed E-state index contributed by atoms with van der Waals surface area (Å²) >= 11 is 9.13. The summed E-state index contributed by atoms with van der Waals surface area (Å²) in [4.78, 5) is 14.4. The van der Waals surface area contributed by atoms with Gasteiger partial charge in [0, 0.05) is 9.51 Å². The Bertz CT molecular complexity index is 491. The van der Waals surface area contributed by atoms with Crippen molar-refractivity contribution in [2.75, 3.05) is 7.11 Å². The molecule has 0 aliphatic rings. The Balaban J connectivity index is 3.33. The molecule has 16 heavy (non-hydrogen) atoms. The minimum Gasteiger partial charge on any atom is -0.474 e. The van der Waals surface area contributed by atoms with E-state index in [1.165, 1.54) is 7.11 Å². The average molecular weight is 301 g/mol. The molecule has 3 nitrogen and oxygen atoms in total. The zero-order valence-corrected chi connectivity index (χ0v) is 10.7. The molecule has 0 fully saturated rings. The number of rotatable bonds is 2. The first-order valence-electron chi connectivity index (χ1n) is 4.22. The Morgan fingerprint density at radius 1 is 1.50 bits per heavy atom. The van der Waals surface area contributed by atoms with E-state index in [4.69, 9.17) is 18.2 Å². The summed E-state index contributed by atoms with van der Waals surface area (Å²) in [6, 6.07) is 6.92. The highest BCUT2D eigenvalue weighted by molar-refractivity contribution is 9.15. The van der Waals surface area contributed by atoms with Crippen LogP contribution < -0.4 is 0 Å². The van der Waals surface area contributed by atoms with Crippen molar-refractivity contribution in [3.05, 3.63) is 52.0 Å². The van der Waals surface area contributed by atoms with Crippen molar-refractivity contribution in [2.24, 2.45) is 0 Å². The summed E-state index contributed by atoms with van der Waals surface area (Å²) < 4.78 is 4.84. The largest absolute Gasteiger partial charge is 0.474 e. The predicted octanol–water partition coefficient (Wildman–Crippen LogP) is 3.50. The number of nitrogens with zero attached hydrogens (tertiary/aromatic N) is 1. The van der Waals surface area contributed by atoms with Crippen LogP contribution in [0.1, 0.15) is 5.56 Å². The number of halogens is 2. The van der Waals surface area contributed by atoms with E-state index in [0.717, 1.165) is 0 Å². The summed E-state index contributed by atoms with van der Waals surface area (Å²) in [6.07, 6.45) is 0. The summed E-state index contributed by atoms with van der Waals surface area (Å²) in [7, 11) is 1.22. The van der Waals surface area contributed by atoms with Gasteiger partial charge in [0.05, 0.1) is 13.7 Å². The van der Waals surface area contributed by atoms with Gasteiger partial charge in [0.2, 0.25) is 0 Å². The van der Waals surface area contributed by atoms with E-state index in [-0.39, 0.29) is 5.70 Å². The van der Waals surface area contributed by atoms with Gasteiger partial charge in [-0.25, -0.2) is 4.85 Å². The van der Waals surface area contributed by atoms with Crippen LogP contribution in [0.15, 0.2) is 30.0 Å². The fraction of sp³-hybridized carbons (Fsp3) is 0.0909. The zero-order valence-electron chi connectivity index (χ0n) is 8.33. The van der Waals surface area contributed by atoms with Gasteiger partial charge in [0.1, 0.15) is 0 Å². The highest BCUT2D eigenvalue weighted by Gasteiger charge is 2.17. The van der Waals surface area contributed by atoms with Gasteiger partial charge in [-0.05, 0) is 11.6 Å². The second kappa shape index (κ2) is 5.69. The van der Waals surface area contributed by atoms with Crippen LogP contribution in [0, 0.1) is 6.57 Å². The number of hydrogen-bond acceptors (Lipinski definition) is 2. The van der Waals surface area contributed by atoms with E-state index < -0.39 is 5.97 Å².